The molecule has 11 heteroatoms. The molecule has 0 aliphatic carbocycles. The summed E-state index contributed by atoms with van der Waals surface area (Å²) in [5.74, 6) is 1.21. The van der Waals surface area contributed by atoms with Crippen LogP contribution in [0, 0.1) is 5.92 Å². The fourth-order valence-electron chi connectivity index (χ4n) is 2.79. The molecule has 0 spiro atoms. The van der Waals surface area contributed by atoms with Crippen molar-refractivity contribution in [2.45, 2.75) is 26.0 Å². The quantitative estimate of drug-likeness (QED) is 0.223. The van der Waals surface area contributed by atoms with E-state index in [1.54, 1.807) is 13.1 Å². The molecule has 0 radical (unpaired) electrons. The fourth-order valence-corrected chi connectivity index (χ4v) is 4.22. The minimum Gasteiger partial charge on any atom is -0.381 e. The molecule has 0 atom stereocenters. The molecule has 0 saturated carbocycles. The fraction of sp³-hybridized carbons (Fsp3) is 0.765. The summed E-state index contributed by atoms with van der Waals surface area (Å²) in [6.07, 6.45) is 2.28. The Hall–Kier alpha value is -0.920. The van der Waals surface area contributed by atoms with Gasteiger partial charge in [-0.2, -0.15) is 4.31 Å². The van der Waals surface area contributed by atoms with Crippen LogP contribution in [0.5, 0.6) is 0 Å². The van der Waals surface area contributed by atoms with Gasteiger partial charge in [0.25, 0.3) is 0 Å². The summed E-state index contributed by atoms with van der Waals surface area (Å²) in [7, 11) is -1.65. The lowest BCUT2D eigenvalue weighted by molar-refractivity contribution is 0.108. The molecule has 2 heterocycles. The molecule has 1 aliphatic rings. The van der Waals surface area contributed by atoms with Gasteiger partial charge in [0, 0.05) is 59.1 Å². The van der Waals surface area contributed by atoms with Crippen LogP contribution in [0.1, 0.15) is 26.0 Å². The van der Waals surface area contributed by atoms with E-state index >= 15 is 0 Å². The predicted molar refractivity (Wildman–Crippen MR) is 119 cm³/mol. The summed E-state index contributed by atoms with van der Waals surface area (Å²) in [5, 5.41) is 7.01. The van der Waals surface area contributed by atoms with Gasteiger partial charge in [-0.15, -0.1) is 24.0 Å². The van der Waals surface area contributed by atoms with Crippen LogP contribution in [-0.2, 0) is 20.5 Å². The van der Waals surface area contributed by atoms with Crippen LogP contribution in [0.3, 0.4) is 0 Å². The van der Waals surface area contributed by atoms with Gasteiger partial charge in [-0.25, -0.2) is 8.42 Å². The van der Waals surface area contributed by atoms with Crippen molar-refractivity contribution in [2.75, 3.05) is 53.0 Å². The van der Waals surface area contributed by atoms with Gasteiger partial charge in [-0.1, -0.05) is 19.0 Å². The lowest BCUT2D eigenvalue weighted by atomic mass is 10.2. The van der Waals surface area contributed by atoms with Crippen LogP contribution >= 0.6 is 24.0 Å². The highest BCUT2D eigenvalue weighted by Crippen LogP contribution is 2.12. The Morgan fingerprint density at radius 2 is 2.07 bits per heavy atom. The number of aliphatic imine (C=N–C) groups is 1. The second-order valence-corrected chi connectivity index (χ2v) is 8.90. The Labute approximate surface area is 184 Å². The number of hydrogen-bond donors (Lipinski definition) is 1. The number of ether oxygens (including phenoxy) is 1. The van der Waals surface area contributed by atoms with Crippen LogP contribution in [-0.4, -0.2) is 81.7 Å². The van der Waals surface area contributed by atoms with Gasteiger partial charge in [-0.3, -0.25) is 4.99 Å². The minimum absolute atomic E-state index is 0. The number of halogens is 1. The largest absolute Gasteiger partial charge is 0.381 e. The first-order valence-electron chi connectivity index (χ1n) is 9.33. The number of nitrogens with zero attached hydrogens (tertiary/aromatic N) is 4. The van der Waals surface area contributed by atoms with E-state index in [1.165, 1.54) is 10.6 Å². The molecule has 1 saturated heterocycles. The number of hydrogen-bond acceptors (Lipinski definition) is 6. The molecule has 162 valence electrons. The zero-order valence-corrected chi connectivity index (χ0v) is 20.0. The first-order valence-corrected chi connectivity index (χ1v) is 10.9. The van der Waals surface area contributed by atoms with E-state index in [0.717, 1.165) is 32.1 Å². The van der Waals surface area contributed by atoms with Crippen molar-refractivity contribution in [1.29, 1.82) is 0 Å². The highest BCUT2D eigenvalue weighted by Gasteiger charge is 2.28. The molecule has 1 aliphatic heterocycles. The van der Waals surface area contributed by atoms with Crippen LogP contribution in [0.15, 0.2) is 21.8 Å². The van der Waals surface area contributed by atoms with Crippen molar-refractivity contribution in [2.24, 2.45) is 10.9 Å². The summed E-state index contributed by atoms with van der Waals surface area (Å²) in [5.41, 5.74) is 0.426. The lowest BCUT2D eigenvalue weighted by Gasteiger charge is -2.35. The van der Waals surface area contributed by atoms with E-state index in [4.69, 9.17) is 9.26 Å². The Balaban J connectivity index is 0.00000392. The van der Waals surface area contributed by atoms with E-state index in [9.17, 15) is 8.42 Å². The monoisotopic (exact) mass is 529 g/mol. The van der Waals surface area contributed by atoms with Crippen LogP contribution in [0.4, 0.5) is 0 Å². The van der Waals surface area contributed by atoms with Crippen molar-refractivity contribution >= 4 is 40.0 Å². The summed E-state index contributed by atoms with van der Waals surface area (Å²) >= 11 is 0. The smallest absolute Gasteiger partial charge is 0.220 e. The molecule has 2 rings (SSSR count). The minimum atomic E-state index is -3.39. The third kappa shape index (κ3) is 8.21. The molecule has 1 aromatic rings. The van der Waals surface area contributed by atoms with Gasteiger partial charge < -0.3 is 19.5 Å². The maximum Gasteiger partial charge on any atom is 0.220 e. The molecule has 0 unspecified atom stereocenters. The van der Waals surface area contributed by atoms with Gasteiger partial charge in [0.15, 0.2) is 5.96 Å². The maximum atomic E-state index is 12.5. The third-order valence-corrected chi connectivity index (χ3v) is 5.98. The van der Waals surface area contributed by atoms with Gasteiger partial charge in [0.1, 0.15) is 12.0 Å². The summed E-state index contributed by atoms with van der Waals surface area (Å²) < 4.78 is 36.8. The molecule has 1 N–H and O–H groups in total. The number of nitrogens with one attached hydrogen (secondary N) is 1. The highest BCUT2D eigenvalue weighted by molar-refractivity contribution is 14.0. The first kappa shape index (κ1) is 25.1. The number of sulfonamides is 1. The lowest BCUT2D eigenvalue weighted by Crippen LogP contribution is -2.54. The average Bonchev–Trinajstić information content (AvgIpc) is 3.13. The topological polar surface area (TPSA) is 100 Å². The van der Waals surface area contributed by atoms with Crippen molar-refractivity contribution in [3.8, 4) is 0 Å². The molecule has 9 nitrogen and oxygen atoms in total. The standard InChI is InChI=1S/C17H31N5O4S.HI/c1-15(2)13-25-11-4-6-19-17(18-3)21-7-9-22(10-8-21)27(23,24)14-16-5-12-26-20-16;/h5,12,15H,4,6-11,13-14H2,1-3H3,(H,18,19);1H. The van der Waals surface area contributed by atoms with Crippen LogP contribution in [0.2, 0.25) is 0 Å². The molecule has 0 aromatic carbocycles. The summed E-state index contributed by atoms with van der Waals surface area (Å²) in [4.78, 5) is 6.39. The number of guanidine groups is 1. The molecule has 0 amide bonds. The SMILES string of the molecule is CN=C(NCCCOCC(C)C)N1CCN(S(=O)(=O)Cc2ccon2)CC1.I. The molecule has 1 aromatic heterocycles. The van der Waals surface area contributed by atoms with Crippen LogP contribution in [0.25, 0.3) is 0 Å². The van der Waals surface area contributed by atoms with E-state index in [-0.39, 0.29) is 29.7 Å². The van der Waals surface area contributed by atoms with Gasteiger partial charge in [0.05, 0.1) is 5.69 Å². The zero-order chi connectivity index (χ0) is 19.7. The van der Waals surface area contributed by atoms with E-state index < -0.39 is 10.0 Å². The molecular formula is C17H32IN5O4S. The van der Waals surface area contributed by atoms with Gasteiger partial charge in [0.2, 0.25) is 10.0 Å². The number of rotatable bonds is 9. The third-order valence-electron chi connectivity index (χ3n) is 4.16. The predicted octanol–water partition coefficient (Wildman–Crippen LogP) is 1.38. The van der Waals surface area contributed by atoms with Gasteiger partial charge >= 0.3 is 0 Å². The number of piperazine rings is 1. The van der Waals surface area contributed by atoms with Crippen LogP contribution < -0.4 is 5.32 Å². The molecule has 28 heavy (non-hydrogen) atoms. The molecular weight excluding hydrogens is 497 g/mol. The summed E-state index contributed by atoms with van der Waals surface area (Å²) in [6.45, 7) is 8.59. The zero-order valence-electron chi connectivity index (χ0n) is 16.8. The van der Waals surface area contributed by atoms with Crippen molar-refractivity contribution in [3.05, 3.63) is 18.0 Å². The normalized spacial score (nSPS) is 16.3. The van der Waals surface area contributed by atoms with Gasteiger partial charge in [-0.05, 0) is 12.3 Å². The highest BCUT2D eigenvalue weighted by atomic mass is 127. The molecule has 0 bridgehead atoms. The number of aromatic nitrogens is 1. The first-order chi connectivity index (χ1) is 12.9. The van der Waals surface area contributed by atoms with E-state index in [0.29, 0.717) is 37.8 Å². The Kier molecular flexibility index (Phi) is 11.3. The van der Waals surface area contributed by atoms with Crippen molar-refractivity contribution in [3.63, 3.8) is 0 Å². The Morgan fingerprint density at radius 1 is 1.36 bits per heavy atom. The molecule has 1 fully saturated rings. The Morgan fingerprint density at radius 3 is 2.64 bits per heavy atom. The average molecular weight is 529 g/mol. The van der Waals surface area contributed by atoms with Crippen molar-refractivity contribution in [1.82, 2.24) is 19.7 Å². The summed E-state index contributed by atoms with van der Waals surface area (Å²) in [6, 6.07) is 1.57. The Bertz CT molecular complexity index is 674. The van der Waals surface area contributed by atoms with Crippen molar-refractivity contribution < 1.29 is 17.7 Å². The second-order valence-electron chi connectivity index (χ2n) is 6.93. The maximum absolute atomic E-state index is 12.5. The second kappa shape index (κ2) is 12.6. The van der Waals surface area contributed by atoms with E-state index in [2.05, 4.69) is 34.2 Å². The van der Waals surface area contributed by atoms with E-state index in [1.807, 2.05) is 0 Å².